The highest BCUT2D eigenvalue weighted by molar-refractivity contribution is 6.74. The molecule has 0 fully saturated rings. The summed E-state index contributed by atoms with van der Waals surface area (Å²) in [7, 11) is -1.79. The Balaban J connectivity index is 2.86. The van der Waals surface area contributed by atoms with E-state index in [9.17, 15) is 4.79 Å². The fraction of sp³-hybridized carbons (Fsp3) is 0.562. The lowest BCUT2D eigenvalue weighted by Crippen LogP contribution is -2.43. The summed E-state index contributed by atoms with van der Waals surface area (Å²) < 4.78 is 6.27. The molecule has 1 atom stereocenters. The molecule has 0 bridgehead atoms. The highest BCUT2D eigenvalue weighted by Crippen LogP contribution is 2.37. The van der Waals surface area contributed by atoms with E-state index in [0.29, 0.717) is 0 Å². The lowest BCUT2D eigenvalue weighted by molar-refractivity contribution is -0.110. The molecule has 3 heteroatoms. The number of aldehydes is 1. The molecule has 0 N–H and O–H groups in total. The van der Waals surface area contributed by atoms with E-state index in [1.807, 2.05) is 19.1 Å². The summed E-state index contributed by atoms with van der Waals surface area (Å²) in [5.41, 5.74) is 1.16. The van der Waals surface area contributed by atoms with Gasteiger partial charge in [0.2, 0.25) is 8.32 Å². The lowest BCUT2D eigenvalue weighted by Gasteiger charge is -2.36. The summed E-state index contributed by atoms with van der Waals surface area (Å²) in [5, 5.41) is 0.194. The minimum Gasteiger partial charge on any atom is -0.543 e. The van der Waals surface area contributed by atoms with Crippen LogP contribution in [0, 0.1) is 5.92 Å². The van der Waals surface area contributed by atoms with E-state index in [1.165, 1.54) is 0 Å². The van der Waals surface area contributed by atoms with Gasteiger partial charge in [0, 0.05) is 5.92 Å². The number of benzene rings is 1. The monoisotopic (exact) mass is 278 g/mol. The fourth-order valence-electron chi connectivity index (χ4n) is 1.60. The van der Waals surface area contributed by atoms with Crippen LogP contribution in [0.15, 0.2) is 24.3 Å². The molecule has 0 saturated heterocycles. The van der Waals surface area contributed by atoms with Crippen LogP contribution in [-0.2, 0) is 11.2 Å². The summed E-state index contributed by atoms with van der Waals surface area (Å²) in [4.78, 5) is 10.7. The molecular formula is C16H26O2Si. The minimum atomic E-state index is -1.79. The fourth-order valence-corrected chi connectivity index (χ4v) is 2.63. The molecule has 1 unspecified atom stereocenters. The Morgan fingerprint density at radius 1 is 1.32 bits per heavy atom. The van der Waals surface area contributed by atoms with Gasteiger partial charge in [0.05, 0.1) is 0 Å². The first-order valence-corrected chi connectivity index (χ1v) is 9.80. The van der Waals surface area contributed by atoms with Gasteiger partial charge in [0.15, 0.2) is 0 Å². The van der Waals surface area contributed by atoms with Gasteiger partial charge in [-0.2, -0.15) is 0 Å². The smallest absolute Gasteiger partial charge is 0.250 e. The maximum absolute atomic E-state index is 10.7. The van der Waals surface area contributed by atoms with Gasteiger partial charge < -0.3 is 9.22 Å². The Labute approximate surface area is 118 Å². The van der Waals surface area contributed by atoms with Crippen LogP contribution in [-0.4, -0.2) is 14.6 Å². The Morgan fingerprint density at radius 3 is 2.47 bits per heavy atom. The van der Waals surface area contributed by atoms with Crippen molar-refractivity contribution in [1.82, 2.24) is 0 Å². The van der Waals surface area contributed by atoms with Gasteiger partial charge in [-0.1, -0.05) is 39.8 Å². The zero-order valence-electron chi connectivity index (χ0n) is 13.0. The van der Waals surface area contributed by atoms with Crippen molar-refractivity contribution in [2.75, 3.05) is 0 Å². The summed E-state index contributed by atoms with van der Waals surface area (Å²) >= 11 is 0. The average molecular weight is 278 g/mol. The third kappa shape index (κ3) is 4.50. The van der Waals surface area contributed by atoms with E-state index in [0.717, 1.165) is 24.0 Å². The van der Waals surface area contributed by atoms with Crippen molar-refractivity contribution in [3.63, 3.8) is 0 Å². The molecule has 106 valence electrons. The first kappa shape index (κ1) is 16.0. The van der Waals surface area contributed by atoms with Crippen molar-refractivity contribution in [2.45, 2.75) is 52.2 Å². The first-order valence-electron chi connectivity index (χ1n) is 6.89. The van der Waals surface area contributed by atoms with Crippen LogP contribution in [0.2, 0.25) is 18.1 Å². The number of hydrogen-bond acceptors (Lipinski definition) is 2. The quantitative estimate of drug-likeness (QED) is 0.587. The van der Waals surface area contributed by atoms with E-state index in [2.05, 4.69) is 46.0 Å². The molecule has 0 aromatic heterocycles. The summed E-state index contributed by atoms with van der Waals surface area (Å²) in [6.07, 6.45) is 1.78. The van der Waals surface area contributed by atoms with Crippen LogP contribution >= 0.6 is 0 Å². The summed E-state index contributed by atoms with van der Waals surface area (Å²) in [5.74, 6) is 0.991. The van der Waals surface area contributed by atoms with Crippen LogP contribution < -0.4 is 4.43 Å². The molecule has 0 spiro atoms. The van der Waals surface area contributed by atoms with E-state index in [1.54, 1.807) is 0 Å². The first-order chi connectivity index (χ1) is 8.65. The van der Waals surface area contributed by atoms with Crippen LogP contribution in [0.3, 0.4) is 0 Å². The number of carbonyl (C=O) groups is 1. The maximum Gasteiger partial charge on any atom is 0.250 e. The molecule has 0 aliphatic rings. The largest absolute Gasteiger partial charge is 0.543 e. The second-order valence-electron chi connectivity index (χ2n) is 6.83. The SMILES string of the molecule is CC(C=O)Cc1cccc(O[Si](C)(C)C(C)(C)C)c1. The highest BCUT2D eigenvalue weighted by Gasteiger charge is 2.38. The molecule has 0 amide bonds. The van der Waals surface area contributed by atoms with E-state index >= 15 is 0 Å². The topological polar surface area (TPSA) is 26.3 Å². The molecule has 0 heterocycles. The predicted octanol–water partition coefficient (Wildman–Crippen LogP) is 4.45. The molecule has 0 aliphatic carbocycles. The van der Waals surface area contributed by atoms with Crippen molar-refractivity contribution in [3.8, 4) is 5.75 Å². The number of carbonyl (C=O) groups excluding carboxylic acids is 1. The molecule has 0 radical (unpaired) electrons. The van der Waals surface area contributed by atoms with Crippen molar-refractivity contribution >= 4 is 14.6 Å². The van der Waals surface area contributed by atoms with Gasteiger partial charge in [-0.25, -0.2) is 0 Å². The number of rotatable bonds is 5. The highest BCUT2D eigenvalue weighted by atomic mass is 28.4. The second kappa shape index (κ2) is 5.91. The second-order valence-corrected chi connectivity index (χ2v) is 11.6. The Bertz CT molecular complexity index is 433. The van der Waals surface area contributed by atoms with E-state index in [-0.39, 0.29) is 11.0 Å². The van der Waals surface area contributed by atoms with Crippen molar-refractivity contribution in [1.29, 1.82) is 0 Å². The van der Waals surface area contributed by atoms with Crippen molar-refractivity contribution in [3.05, 3.63) is 29.8 Å². The number of hydrogen-bond donors (Lipinski definition) is 0. The van der Waals surface area contributed by atoms with Crippen LogP contribution in [0.25, 0.3) is 0 Å². The molecule has 1 aromatic carbocycles. The molecule has 1 aromatic rings. The predicted molar refractivity (Wildman–Crippen MR) is 83.2 cm³/mol. The molecule has 0 saturated carbocycles. The van der Waals surface area contributed by atoms with Crippen LogP contribution in [0.1, 0.15) is 33.3 Å². The molecule has 1 rings (SSSR count). The van der Waals surface area contributed by atoms with E-state index < -0.39 is 8.32 Å². The minimum absolute atomic E-state index is 0.0584. The van der Waals surface area contributed by atoms with Gasteiger partial charge >= 0.3 is 0 Å². The normalized spacial score (nSPS) is 14.0. The summed E-state index contributed by atoms with van der Waals surface area (Å²) in [6, 6.07) is 8.14. The Morgan fingerprint density at radius 2 is 1.95 bits per heavy atom. The maximum atomic E-state index is 10.7. The zero-order valence-corrected chi connectivity index (χ0v) is 14.0. The third-order valence-corrected chi connectivity index (χ3v) is 8.23. The zero-order chi connectivity index (χ0) is 14.7. The van der Waals surface area contributed by atoms with Gasteiger partial charge in [0.1, 0.15) is 12.0 Å². The van der Waals surface area contributed by atoms with Gasteiger partial charge in [-0.05, 0) is 42.2 Å². The standard InChI is InChI=1S/C16H26O2Si/c1-13(12-17)10-14-8-7-9-15(11-14)18-19(5,6)16(2,3)4/h7-9,11-13H,10H2,1-6H3. The molecule has 2 nitrogen and oxygen atoms in total. The van der Waals surface area contributed by atoms with Gasteiger partial charge in [-0.3, -0.25) is 0 Å². The van der Waals surface area contributed by atoms with Crippen LogP contribution in [0.4, 0.5) is 0 Å². The molecule has 19 heavy (non-hydrogen) atoms. The van der Waals surface area contributed by atoms with E-state index in [4.69, 9.17) is 4.43 Å². The van der Waals surface area contributed by atoms with Crippen molar-refractivity contribution in [2.24, 2.45) is 5.92 Å². The van der Waals surface area contributed by atoms with Gasteiger partial charge in [-0.15, -0.1) is 0 Å². The average Bonchev–Trinajstić information content (AvgIpc) is 2.27. The van der Waals surface area contributed by atoms with Crippen LogP contribution in [0.5, 0.6) is 5.75 Å². The Kier molecular flexibility index (Phi) is 4.96. The third-order valence-electron chi connectivity index (χ3n) is 3.87. The molecular weight excluding hydrogens is 252 g/mol. The Hall–Kier alpha value is -1.09. The lowest BCUT2D eigenvalue weighted by atomic mass is 10.0. The molecule has 0 aliphatic heterocycles. The summed E-state index contributed by atoms with van der Waals surface area (Å²) in [6.45, 7) is 13.1. The van der Waals surface area contributed by atoms with Gasteiger partial charge in [0.25, 0.3) is 0 Å². The van der Waals surface area contributed by atoms with Crippen molar-refractivity contribution < 1.29 is 9.22 Å².